The highest BCUT2D eigenvalue weighted by atomic mass is 16.3. The Morgan fingerprint density at radius 1 is 0.411 bits per heavy atom. The average molecular weight is 720 g/mol. The number of rotatable bonds is 6. The lowest BCUT2D eigenvalue weighted by Crippen LogP contribution is -2.33. The summed E-state index contributed by atoms with van der Waals surface area (Å²) < 4.78 is 13.1. The second-order valence-electron chi connectivity index (χ2n) is 14.1. The van der Waals surface area contributed by atoms with Crippen molar-refractivity contribution in [3.8, 4) is 33.4 Å². The smallest absolute Gasteiger partial charge is 0.160 e. The number of nitrogens with zero attached hydrogens (tertiary/aromatic N) is 2. The molecule has 3 heterocycles. The maximum Gasteiger partial charge on any atom is 0.160 e. The zero-order valence-corrected chi connectivity index (χ0v) is 30.2. The van der Waals surface area contributed by atoms with Gasteiger partial charge < -0.3 is 14.2 Å². The van der Waals surface area contributed by atoms with Crippen molar-refractivity contribution >= 4 is 55.5 Å². The van der Waals surface area contributed by atoms with E-state index in [-0.39, 0.29) is 0 Å². The van der Waals surface area contributed by atoms with E-state index in [2.05, 4.69) is 151 Å². The molecule has 1 unspecified atom stereocenters. The number of nitrogens with one attached hydrogen (secondary N) is 1. The van der Waals surface area contributed by atoms with Crippen LogP contribution in [0.15, 0.2) is 207 Å². The Kier molecular flexibility index (Phi) is 7.49. The van der Waals surface area contributed by atoms with E-state index >= 15 is 0 Å². The van der Waals surface area contributed by atoms with Gasteiger partial charge in [-0.2, -0.15) is 0 Å². The average Bonchev–Trinajstić information content (AvgIpc) is 3.85. The SMILES string of the molecule is c1ccc(-c2ccc(C3=NC(c4c(-c5ccc(-c6ccccc6)cc5)ccc5oc6ccccc6c45)=NC(c4cccc5c4oc4ccccc45)N3)cc2)cc1. The van der Waals surface area contributed by atoms with Crippen LogP contribution in [-0.4, -0.2) is 11.7 Å². The van der Waals surface area contributed by atoms with E-state index in [1.807, 2.05) is 42.5 Å². The van der Waals surface area contributed by atoms with Crippen molar-refractivity contribution in [2.75, 3.05) is 0 Å². The Morgan fingerprint density at radius 3 is 1.66 bits per heavy atom. The largest absolute Gasteiger partial charge is 0.456 e. The summed E-state index contributed by atoms with van der Waals surface area (Å²) in [6.45, 7) is 0. The predicted molar refractivity (Wildman–Crippen MR) is 229 cm³/mol. The van der Waals surface area contributed by atoms with Gasteiger partial charge in [-0.3, -0.25) is 0 Å². The van der Waals surface area contributed by atoms with Crippen molar-refractivity contribution in [2.24, 2.45) is 9.98 Å². The minimum Gasteiger partial charge on any atom is -0.456 e. The van der Waals surface area contributed by atoms with Crippen LogP contribution in [0.25, 0.3) is 77.3 Å². The summed E-state index contributed by atoms with van der Waals surface area (Å²) in [6.07, 6.45) is -0.503. The molecule has 0 bridgehead atoms. The van der Waals surface area contributed by atoms with Crippen molar-refractivity contribution in [3.05, 3.63) is 205 Å². The molecule has 1 atom stereocenters. The summed E-state index contributed by atoms with van der Waals surface area (Å²) in [5.41, 5.74) is 12.8. The molecule has 10 aromatic rings. The Labute approximate surface area is 322 Å². The number of amidine groups is 2. The molecule has 0 spiro atoms. The number of hydrogen-bond acceptors (Lipinski definition) is 5. The first-order chi connectivity index (χ1) is 27.7. The van der Waals surface area contributed by atoms with Crippen molar-refractivity contribution in [2.45, 2.75) is 6.17 Å². The maximum absolute atomic E-state index is 6.58. The summed E-state index contributed by atoms with van der Waals surface area (Å²) in [7, 11) is 0. The van der Waals surface area contributed by atoms with Crippen molar-refractivity contribution in [3.63, 3.8) is 0 Å². The number of furan rings is 2. The number of benzene rings is 8. The van der Waals surface area contributed by atoms with E-state index in [1.165, 1.54) is 5.56 Å². The van der Waals surface area contributed by atoms with Crippen LogP contribution in [0.1, 0.15) is 22.9 Å². The minimum atomic E-state index is -0.503. The number of para-hydroxylation sites is 3. The van der Waals surface area contributed by atoms with Gasteiger partial charge in [0.1, 0.15) is 28.2 Å². The van der Waals surface area contributed by atoms with Crippen LogP contribution in [-0.2, 0) is 0 Å². The number of aliphatic imine (C=N–C) groups is 2. The molecule has 11 rings (SSSR count). The number of hydrogen-bond donors (Lipinski definition) is 1. The second-order valence-corrected chi connectivity index (χ2v) is 14.1. The molecule has 1 aliphatic rings. The molecule has 5 nitrogen and oxygen atoms in total. The third kappa shape index (κ3) is 5.40. The standard InChI is InChI=1S/C51H33N3O2/c1-3-12-32(13-4-1)34-22-26-36(27-23-34)38-30-31-45-46(41-17-8-10-21-44(41)55-45)47(38)51-53-49(37-28-24-35(25-29-37)33-14-5-2-6-15-33)52-50(54-51)42-19-11-18-40-39-16-7-9-20-43(39)56-48(40)42/h1-31,50H,(H,52,53,54). The summed E-state index contributed by atoms with van der Waals surface area (Å²) in [4.78, 5) is 10.9. The molecule has 56 heavy (non-hydrogen) atoms. The van der Waals surface area contributed by atoms with Gasteiger partial charge >= 0.3 is 0 Å². The lowest BCUT2D eigenvalue weighted by Gasteiger charge is -2.25. The normalized spacial score (nSPS) is 14.2. The van der Waals surface area contributed by atoms with Crippen LogP contribution in [0.5, 0.6) is 0 Å². The Bertz CT molecular complexity index is 3140. The van der Waals surface area contributed by atoms with Gasteiger partial charge in [0.2, 0.25) is 0 Å². The zero-order valence-electron chi connectivity index (χ0n) is 30.2. The molecular weight excluding hydrogens is 687 g/mol. The Hall–Kier alpha value is -7.50. The van der Waals surface area contributed by atoms with Gasteiger partial charge in [0.05, 0.1) is 0 Å². The first kappa shape index (κ1) is 32.0. The van der Waals surface area contributed by atoms with Crippen LogP contribution < -0.4 is 5.32 Å². The molecule has 0 amide bonds. The highest BCUT2D eigenvalue weighted by Crippen LogP contribution is 2.40. The van der Waals surface area contributed by atoms with Crippen LogP contribution in [0.4, 0.5) is 0 Å². The van der Waals surface area contributed by atoms with Crippen molar-refractivity contribution in [1.29, 1.82) is 0 Å². The van der Waals surface area contributed by atoms with E-state index in [4.69, 9.17) is 18.8 Å². The fraction of sp³-hybridized carbons (Fsp3) is 0.0196. The second kappa shape index (κ2) is 13.1. The Morgan fingerprint density at radius 2 is 0.964 bits per heavy atom. The Balaban J connectivity index is 1.14. The van der Waals surface area contributed by atoms with E-state index in [1.54, 1.807) is 0 Å². The third-order valence-electron chi connectivity index (χ3n) is 10.8. The molecule has 0 saturated carbocycles. The maximum atomic E-state index is 6.58. The highest BCUT2D eigenvalue weighted by molar-refractivity contribution is 6.25. The molecule has 1 aliphatic heterocycles. The molecule has 1 N–H and O–H groups in total. The van der Waals surface area contributed by atoms with Crippen LogP contribution in [0.2, 0.25) is 0 Å². The first-order valence-electron chi connectivity index (χ1n) is 18.8. The van der Waals surface area contributed by atoms with Crippen molar-refractivity contribution < 1.29 is 8.83 Å². The van der Waals surface area contributed by atoms with Gasteiger partial charge in [0.15, 0.2) is 12.0 Å². The highest BCUT2D eigenvalue weighted by Gasteiger charge is 2.28. The van der Waals surface area contributed by atoms with Gasteiger partial charge in [0, 0.05) is 38.2 Å². The van der Waals surface area contributed by atoms with Crippen LogP contribution in [0.3, 0.4) is 0 Å². The lowest BCUT2D eigenvalue weighted by molar-refractivity contribution is 0.628. The lowest BCUT2D eigenvalue weighted by atomic mass is 9.93. The van der Waals surface area contributed by atoms with E-state index < -0.39 is 6.17 Å². The van der Waals surface area contributed by atoms with Crippen LogP contribution in [0, 0.1) is 0 Å². The van der Waals surface area contributed by atoms with Gasteiger partial charge in [-0.15, -0.1) is 0 Å². The summed E-state index contributed by atoms with van der Waals surface area (Å²) in [5.74, 6) is 1.34. The molecule has 0 radical (unpaired) electrons. The molecule has 264 valence electrons. The van der Waals surface area contributed by atoms with Crippen LogP contribution >= 0.6 is 0 Å². The predicted octanol–water partition coefficient (Wildman–Crippen LogP) is 13.0. The quantitative estimate of drug-likeness (QED) is 0.186. The third-order valence-corrected chi connectivity index (χ3v) is 10.8. The molecule has 2 aromatic heterocycles. The summed E-state index contributed by atoms with van der Waals surface area (Å²) >= 11 is 0. The van der Waals surface area contributed by atoms with E-state index in [0.717, 1.165) is 94.2 Å². The van der Waals surface area contributed by atoms with Gasteiger partial charge in [-0.25, -0.2) is 9.98 Å². The van der Waals surface area contributed by atoms with Gasteiger partial charge in [-0.05, 0) is 57.6 Å². The van der Waals surface area contributed by atoms with Crippen molar-refractivity contribution in [1.82, 2.24) is 5.32 Å². The summed E-state index contributed by atoms with van der Waals surface area (Å²) in [6, 6.07) is 65.1. The molecule has 5 heteroatoms. The molecule has 8 aromatic carbocycles. The molecule has 0 fully saturated rings. The molecule has 0 aliphatic carbocycles. The molecule has 0 saturated heterocycles. The fourth-order valence-corrected chi connectivity index (χ4v) is 8.06. The zero-order chi connectivity index (χ0) is 37.0. The molecular formula is C51H33N3O2. The first-order valence-corrected chi connectivity index (χ1v) is 18.8. The van der Waals surface area contributed by atoms with Gasteiger partial charge in [0.25, 0.3) is 0 Å². The number of fused-ring (bicyclic) bond motifs is 6. The summed E-state index contributed by atoms with van der Waals surface area (Å²) in [5, 5.41) is 7.85. The minimum absolute atomic E-state index is 0.503. The van der Waals surface area contributed by atoms with E-state index in [9.17, 15) is 0 Å². The van der Waals surface area contributed by atoms with E-state index in [0.29, 0.717) is 5.84 Å². The van der Waals surface area contributed by atoms with Gasteiger partial charge in [-0.1, -0.05) is 164 Å². The monoisotopic (exact) mass is 719 g/mol. The fourth-order valence-electron chi connectivity index (χ4n) is 8.06. The topological polar surface area (TPSA) is 63.0 Å².